The van der Waals surface area contributed by atoms with Crippen LogP contribution < -0.4 is 0 Å². The molecular formula is C10H8BrClOS. The van der Waals surface area contributed by atoms with Crippen molar-refractivity contribution in [3.63, 3.8) is 0 Å². The molecule has 0 bridgehead atoms. The summed E-state index contributed by atoms with van der Waals surface area (Å²) in [6.45, 7) is 1.95. The van der Waals surface area contributed by atoms with E-state index in [-0.39, 0.29) is 4.83 Å². The number of aryl methyl sites for hydroxylation is 1. The molecule has 74 valence electrons. The molecule has 2 rings (SSSR count). The minimum absolute atomic E-state index is 0.133. The lowest BCUT2D eigenvalue weighted by Crippen LogP contribution is -1.89. The molecule has 1 atom stereocenters. The van der Waals surface area contributed by atoms with Crippen molar-refractivity contribution in [3.05, 3.63) is 45.0 Å². The molecule has 0 aliphatic heterocycles. The molecule has 0 spiro atoms. The van der Waals surface area contributed by atoms with Crippen LogP contribution in [0.1, 0.15) is 21.0 Å². The molecule has 0 aliphatic carbocycles. The van der Waals surface area contributed by atoms with Gasteiger partial charge in [0.15, 0.2) is 0 Å². The Hall–Kier alpha value is -0.250. The van der Waals surface area contributed by atoms with Crippen molar-refractivity contribution in [2.45, 2.75) is 11.8 Å². The molecule has 2 heterocycles. The second kappa shape index (κ2) is 4.09. The molecule has 1 nitrogen and oxygen atoms in total. The number of thiophene rings is 1. The van der Waals surface area contributed by atoms with Crippen LogP contribution in [0.2, 0.25) is 5.02 Å². The Morgan fingerprint density at radius 2 is 2.29 bits per heavy atom. The van der Waals surface area contributed by atoms with E-state index in [0.717, 1.165) is 21.2 Å². The molecule has 0 saturated heterocycles. The summed E-state index contributed by atoms with van der Waals surface area (Å²) in [6.07, 6.45) is 1.69. The summed E-state index contributed by atoms with van der Waals surface area (Å²) < 4.78 is 5.26. The third-order valence-corrected chi connectivity index (χ3v) is 4.72. The van der Waals surface area contributed by atoms with E-state index in [0.29, 0.717) is 0 Å². The summed E-state index contributed by atoms with van der Waals surface area (Å²) in [5.74, 6) is 0.927. The summed E-state index contributed by atoms with van der Waals surface area (Å²) in [5, 5.41) is 2.79. The average Bonchev–Trinajstić information content (AvgIpc) is 2.73. The molecule has 0 fully saturated rings. The number of hydrogen-bond acceptors (Lipinski definition) is 2. The van der Waals surface area contributed by atoms with E-state index in [1.807, 2.05) is 24.4 Å². The second-order valence-electron chi connectivity index (χ2n) is 2.93. The Morgan fingerprint density at radius 3 is 2.79 bits per heavy atom. The predicted molar refractivity (Wildman–Crippen MR) is 63.5 cm³/mol. The number of rotatable bonds is 2. The van der Waals surface area contributed by atoms with Crippen molar-refractivity contribution in [3.8, 4) is 0 Å². The largest absolute Gasteiger partial charge is 0.469 e. The van der Waals surface area contributed by atoms with Crippen LogP contribution >= 0.6 is 38.9 Å². The van der Waals surface area contributed by atoms with Gasteiger partial charge < -0.3 is 4.42 Å². The molecule has 14 heavy (non-hydrogen) atoms. The van der Waals surface area contributed by atoms with Crippen molar-refractivity contribution >= 4 is 38.9 Å². The van der Waals surface area contributed by atoms with Crippen LogP contribution in [0, 0.1) is 6.92 Å². The lowest BCUT2D eigenvalue weighted by molar-refractivity contribution is 0.530. The van der Waals surface area contributed by atoms with Gasteiger partial charge in [0.1, 0.15) is 5.76 Å². The quantitative estimate of drug-likeness (QED) is 0.725. The molecule has 0 aromatic carbocycles. The zero-order valence-corrected chi connectivity index (χ0v) is 10.6. The number of hydrogen-bond donors (Lipinski definition) is 0. The molecule has 2 aromatic rings. The highest BCUT2D eigenvalue weighted by Gasteiger charge is 2.18. The second-order valence-corrected chi connectivity index (χ2v) is 5.20. The highest BCUT2D eigenvalue weighted by Crippen LogP contribution is 2.39. The Bertz CT molecular complexity index is 395. The van der Waals surface area contributed by atoms with E-state index in [1.54, 1.807) is 17.6 Å². The van der Waals surface area contributed by atoms with E-state index in [4.69, 9.17) is 16.0 Å². The van der Waals surface area contributed by atoms with Crippen molar-refractivity contribution in [1.82, 2.24) is 0 Å². The van der Waals surface area contributed by atoms with Crippen molar-refractivity contribution < 1.29 is 4.42 Å². The van der Waals surface area contributed by atoms with Gasteiger partial charge in [0.2, 0.25) is 0 Å². The maximum atomic E-state index is 6.05. The summed E-state index contributed by atoms with van der Waals surface area (Å²) in [5.41, 5.74) is 1.13. The first-order valence-electron chi connectivity index (χ1n) is 4.11. The van der Waals surface area contributed by atoms with Gasteiger partial charge in [-0.1, -0.05) is 27.5 Å². The van der Waals surface area contributed by atoms with E-state index >= 15 is 0 Å². The molecule has 0 saturated carbocycles. The van der Waals surface area contributed by atoms with Gasteiger partial charge in [0, 0.05) is 10.4 Å². The van der Waals surface area contributed by atoms with Crippen molar-refractivity contribution in [2.24, 2.45) is 0 Å². The van der Waals surface area contributed by atoms with Gasteiger partial charge in [0.05, 0.1) is 16.1 Å². The monoisotopic (exact) mass is 290 g/mol. The van der Waals surface area contributed by atoms with Crippen LogP contribution in [-0.2, 0) is 0 Å². The Balaban J connectivity index is 2.38. The van der Waals surface area contributed by atoms with E-state index in [9.17, 15) is 0 Å². The third kappa shape index (κ3) is 1.76. The average molecular weight is 292 g/mol. The van der Waals surface area contributed by atoms with Gasteiger partial charge in [-0.2, -0.15) is 0 Å². The van der Waals surface area contributed by atoms with Crippen LogP contribution in [0.25, 0.3) is 0 Å². The fourth-order valence-electron chi connectivity index (χ4n) is 1.29. The molecule has 4 heteroatoms. The highest BCUT2D eigenvalue weighted by atomic mass is 79.9. The van der Waals surface area contributed by atoms with E-state index < -0.39 is 0 Å². The standard InChI is InChI=1S/C10H8BrClOS/c1-6-7(2-4-13-6)9(11)10-8(12)3-5-14-10/h2-5,9H,1H3. The first-order valence-corrected chi connectivity index (χ1v) is 6.28. The SMILES string of the molecule is Cc1occc1C(Br)c1sccc1Cl. The molecule has 1 unspecified atom stereocenters. The minimum atomic E-state index is 0.133. The lowest BCUT2D eigenvalue weighted by Gasteiger charge is -2.06. The Labute approximate surface area is 99.8 Å². The molecule has 2 aromatic heterocycles. The van der Waals surface area contributed by atoms with Crippen LogP contribution in [0.3, 0.4) is 0 Å². The van der Waals surface area contributed by atoms with E-state index in [2.05, 4.69) is 15.9 Å². The third-order valence-electron chi connectivity index (χ3n) is 2.05. The molecule has 0 amide bonds. The minimum Gasteiger partial charge on any atom is -0.469 e. The zero-order chi connectivity index (χ0) is 10.1. The van der Waals surface area contributed by atoms with Crippen molar-refractivity contribution in [2.75, 3.05) is 0 Å². The number of alkyl halides is 1. The first-order chi connectivity index (χ1) is 6.70. The maximum absolute atomic E-state index is 6.05. The molecule has 0 N–H and O–H groups in total. The molecular weight excluding hydrogens is 284 g/mol. The topological polar surface area (TPSA) is 13.1 Å². The fraction of sp³-hybridized carbons (Fsp3) is 0.200. The first kappa shape index (κ1) is 10.3. The summed E-state index contributed by atoms with van der Waals surface area (Å²) >= 11 is 11.3. The lowest BCUT2D eigenvalue weighted by atomic mass is 10.1. The van der Waals surface area contributed by atoms with Gasteiger partial charge in [0.25, 0.3) is 0 Å². The molecule has 0 radical (unpaired) electrons. The maximum Gasteiger partial charge on any atom is 0.105 e. The zero-order valence-electron chi connectivity index (χ0n) is 7.46. The van der Waals surface area contributed by atoms with Gasteiger partial charge in [-0.05, 0) is 24.4 Å². The number of halogens is 2. The predicted octanol–water partition coefficient (Wildman–Crippen LogP) is 4.79. The fourth-order valence-corrected chi connectivity index (χ4v) is 3.62. The molecule has 0 aliphatic rings. The van der Waals surface area contributed by atoms with Gasteiger partial charge in [-0.25, -0.2) is 0 Å². The van der Waals surface area contributed by atoms with Crippen LogP contribution in [0.5, 0.6) is 0 Å². The van der Waals surface area contributed by atoms with Gasteiger partial charge >= 0.3 is 0 Å². The van der Waals surface area contributed by atoms with Gasteiger partial charge in [-0.15, -0.1) is 11.3 Å². The number of furan rings is 1. The van der Waals surface area contributed by atoms with Gasteiger partial charge in [-0.3, -0.25) is 0 Å². The summed E-state index contributed by atoms with van der Waals surface area (Å²) in [6, 6.07) is 3.87. The summed E-state index contributed by atoms with van der Waals surface area (Å²) in [4.78, 5) is 1.25. The normalized spacial score (nSPS) is 13.1. The Morgan fingerprint density at radius 1 is 1.50 bits per heavy atom. The van der Waals surface area contributed by atoms with E-state index in [1.165, 1.54) is 0 Å². The smallest absolute Gasteiger partial charge is 0.105 e. The van der Waals surface area contributed by atoms with Crippen LogP contribution in [0.15, 0.2) is 28.2 Å². The summed E-state index contributed by atoms with van der Waals surface area (Å²) in [7, 11) is 0. The van der Waals surface area contributed by atoms with Crippen LogP contribution in [0.4, 0.5) is 0 Å². The highest BCUT2D eigenvalue weighted by molar-refractivity contribution is 9.09. The Kier molecular flexibility index (Phi) is 3.00. The van der Waals surface area contributed by atoms with Crippen LogP contribution in [-0.4, -0.2) is 0 Å². The van der Waals surface area contributed by atoms with Crippen molar-refractivity contribution in [1.29, 1.82) is 0 Å².